The number of ether oxygens (including phenoxy) is 1. The maximum absolute atomic E-state index is 12.4. The van der Waals surface area contributed by atoms with Gasteiger partial charge >= 0.3 is 6.09 Å². The Hall–Kier alpha value is -2.02. The average Bonchev–Trinajstić information content (AvgIpc) is 2.86. The molecule has 7 heteroatoms. The zero-order valence-corrected chi connectivity index (χ0v) is 16.7. The minimum atomic E-state index is -0.579. The highest BCUT2D eigenvalue weighted by molar-refractivity contribution is 8.13. The van der Waals surface area contributed by atoms with Crippen molar-refractivity contribution >= 4 is 40.3 Å². The van der Waals surface area contributed by atoms with Gasteiger partial charge < -0.3 is 9.64 Å². The van der Waals surface area contributed by atoms with E-state index in [2.05, 4.69) is 5.32 Å². The van der Waals surface area contributed by atoms with Gasteiger partial charge in [-0.3, -0.25) is 14.9 Å². The highest BCUT2D eigenvalue weighted by Gasteiger charge is 2.31. The second-order valence-electron chi connectivity index (χ2n) is 7.51. The van der Waals surface area contributed by atoms with E-state index in [0.29, 0.717) is 24.4 Å². The predicted molar refractivity (Wildman–Crippen MR) is 105 cm³/mol. The van der Waals surface area contributed by atoms with Gasteiger partial charge in [0.2, 0.25) is 5.91 Å². The summed E-state index contributed by atoms with van der Waals surface area (Å²) in [6.07, 6.45) is -0.0977. The van der Waals surface area contributed by atoms with E-state index in [1.165, 1.54) is 18.7 Å². The van der Waals surface area contributed by atoms with E-state index < -0.39 is 11.7 Å². The molecule has 2 rings (SSSR count). The van der Waals surface area contributed by atoms with Crippen LogP contribution in [-0.4, -0.2) is 35.0 Å². The number of benzene rings is 1. The van der Waals surface area contributed by atoms with Crippen LogP contribution in [0, 0.1) is 12.8 Å². The summed E-state index contributed by atoms with van der Waals surface area (Å²) in [4.78, 5) is 37.3. The summed E-state index contributed by atoms with van der Waals surface area (Å²) in [6.45, 7) is 9.45. The predicted octanol–water partition coefficient (Wildman–Crippen LogP) is 3.97. The molecule has 6 nitrogen and oxygen atoms in total. The van der Waals surface area contributed by atoms with Crippen molar-refractivity contribution in [3.05, 3.63) is 23.8 Å². The molecule has 0 spiro atoms. The summed E-state index contributed by atoms with van der Waals surface area (Å²) in [5, 5.41) is 2.77. The van der Waals surface area contributed by atoms with Crippen LogP contribution >= 0.6 is 11.8 Å². The second-order valence-corrected chi connectivity index (χ2v) is 8.70. The first-order chi connectivity index (χ1) is 12.0. The lowest BCUT2D eigenvalue weighted by Crippen LogP contribution is -2.28. The van der Waals surface area contributed by atoms with Gasteiger partial charge in [-0.2, -0.15) is 0 Å². The Morgan fingerprint density at radius 3 is 2.65 bits per heavy atom. The molecule has 1 atom stereocenters. The molecule has 1 aliphatic heterocycles. The fourth-order valence-electron chi connectivity index (χ4n) is 2.76. The minimum Gasteiger partial charge on any atom is -0.444 e. The number of hydrogen-bond donors (Lipinski definition) is 1. The quantitative estimate of drug-likeness (QED) is 0.858. The van der Waals surface area contributed by atoms with Crippen molar-refractivity contribution in [1.82, 2.24) is 0 Å². The van der Waals surface area contributed by atoms with Crippen LogP contribution in [0.25, 0.3) is 0 Å². The van der Waals surface area contributed by atoms with Gasteiger partial charge in [-0.25, -0.2) is 4.79 Å². The van der Waals surface area contributed by atoms with E-state index in [0.717, 1.165) is 11.3 Å². The zero-order valence-electron chi connectivity index (χ0n) is 15.9. The molecule has 1 saturated heterocycles. The first kappa shape index (κ1) is 20.3. The molecule has 0 saturated carbocycles. The van der Waals surface area contributed by atoms with Crippen LogP contribution in [0.1, 0.15) is 39.7 Å². The Labute approximate surface area is 158 Å². The van der Waals surface area contributed by atoms with Gasteiger partial charge in [-0.1, -0.05) is 17.8 Å². The standard InChI is InChI=1S/C19H26N2O4S/c1-12-6-7-15(20-18(24)25-19(3,4)5)9-16(12)21-10-14(8-17(21)23)11-26-13(2)22/h6-7,9,14H,8,10-11H2,1-5H3,(H,20,24). The number of nitrogens with one attached hydrogen (secondary N) is 1. The number of carbonyl (C=O) groups excluding carboxylic acids is 3. The van der Waals surface area contributed by atoms with Gasteiger partial charge in [-0.05, 0) is 51.3 Å². The third kappa shape index (κ3) is 5.76. The molecule has 1 N–H and O–H groups in total. The summed E-state index contributed by atoms with van der Waals surface area (Å²) in [5.41, 5.74) is 1.73. The van der Waals surface area contributed by atoms with Gasteiger partial charge in [0.25, 0.3) is 0 Å². The second kappa shape index (κ2) is 8.12. The van der Waals surface area contributed by atoms with E-state index in [4.69, 9.17) is 4.74 Å². The Bertz CT molecular complexity index is 712. The van der Waals surface area contributed by atoms with Gasteiger partial charge in [0.05, 0.1) is 0 Å². The Morgan fingerprint density at radius 1 is 1.35 bits per heavy atom. The lowest BCUT2D eigenvalue weighted by molar-refractivity contribution is -0.117. The molecule has 1 aromatic carbocycles. The number of amides is 2. The SMILES string of the molecule is CC(=O)SCC1CC(=O)N(c2cc(NC(=O)OC(C)(C)C)ccc2C)C1. The monoisotopic (exact) mass is 378 g/mol. The van der Waals surface area contributed by atoms with Crippen molar-refractivity contribution in [2.24, 2.45) is 5.92 Å². The van der Waals surface area contributed by atoms with Crippen molar-refractivity contribution in [3.8, 4) is 0 Å². The zero-order chi connectivity index (χ0) is 19.5. The van der Waals surface area contributed by atoms with E-state index in [1.54, 1.807) is 37.8 Å². The third-order valence-electron chi connectivity index (χ3n) is 3.87. The molecule has 1 aromatic rings. The molecule has 26 heavy (non-hydrogen) atoms. The third-order valence-corrected chi connectivity index (χ3v) is 4.92. The first-order valence-corrected chi connectivity index (χ1v) is 9.58. The minimum absolute atomic E-state index is 0.0386. The maximum atomic E-state index is 12.4. The molecule has 0 bridgehead atoms. The van der Waals surface area contributed by atoms with Crippen LogP contribution in [-0.2, 0) is 14.3 Å². The van der Waals surface area contributed by atoms with E-state index in [1.807, 2.05) is 13.0 Å². The Balaban J connectivity index is 2.10. The van der Waals surface area contributed by atoms with Crippen LogP contribution in [0.5, 0.6) is 0 Å². The number of thioether (sulfide) groups is 1. The normalized spacial score (nSPS) is 17.3. The molecule has 1 heterocycles. The molecule has 1 aliphatic rings. The number of aryl methyl sites for hydroxylation is 1. The fourth-order valence-corrected chi connectivity index (χ4v) is 3.45. The van der Waals surface area contributed by atoms with Crippen molar-refractivity contribution < 1.29 is 19.1 Å². The molecule has 0 radical (unpaired) electrons. The summed E-state index contributed by atoms with van der Waals surface area (Å²) >= 11 is 1.26. The summed E-state index contributed by atoms with van der Waals surface area (Å²) < 4.78 is 5.26. The van der Waals surface area contributed by atoms with Gasteiger partial charge in [0.1, 0.15) is 5.60 Å². The average molecular weight is 378 g/mol. The van der Waals surface area contributed by atoms with Crippen molar-refractivity contribution in [2.45, 2.75) is 46.6 Å². The molecule has 142 valence electrons. The number of carbonyl (C=O) groups is 3. The van der Waals surface area contributed by atoms with Gasteiger partial charge in [-0.15, -0.1) is 0 Å². The summed E-state index contributed by atoms with van der Waals surface area (Å²) in [6, 6.07) is 5.44. The molecular weight excluding hydrogens is 352 g/mol. The Morgan fingerprint density at radius 2 is 2.04 bits per heavy atom. The fraction of sp³-hybridized carbons (Fsp3) is 0.526. The highest BCUT2D eigenvalue weighted by atomic mass is 32.2. The first-order valence-electron chi connectivity index (χ1n) is 8.59. The van der Waals surface area contributed by atoms with Gasteiger partial charge in [0.15, 0.2) is 5.12 Å². The topological polar surface area (TPSA) is 75.7 Å². The van der Waals surface area contributed by atoms with Gasteiger partial charge in [0, 0.05) is 37.0 Å². The van der Waals surface area contributed by atoms with Crippen LogP contribution in [0.3, 0.4) is 0 Å². The lowest BCUT2D eigenvalue weighted by Gasteiger charge is -2.22. The maximum Gasteiger partial charge on any atom is 0.412 e. The molecule has 1 fully saturated rings. The van der Waals surface area contributed by atoms with E-state index in [-0.39, 0.29) is 16.9 Å². The van der Waals surface area contributed by atoms with Crippen molar-refractivity contribution in [1.29, 1.82) is 0 Å². The van der Waals surface area contributed by atoms with Crippen LogP contribution in [0.4, 0.5) is 16.2 Å². The Kier molecular flexibility index (Phi) is 6.34. The van der Waals surface area contributed by atoms with Crippen LogP contribution in [0.15, 0.2) is 18.2 Å². The molecule has 2 amide bonds. The molecular formula is C19H26N2O4S. The molecule has 0 aromatic heterocycles. The van der Waals surface area contributed by atoms with Crippen LogP contribution in [0.2, 0.25) is 0 Å². The van der Waals surface area contributed by atoms with Crippen molar-refractivity contribution in [3.63, 3.8) is 0 Å². The van der Waals surface area contributed by atoms with Crippen LogP contribution < -0.4 is 10.2 Å². The number of nitrogens with zero attached hydrogens (tertiary/aromatic N) is 1. The number of hydrogen-bond acceptors (Lipinski definition) is 5. The summed E-state index contributed by atoms with van der Waals surface area (Å²) in [7, 11) is 0. The smallest absolute Gasteiger partial charge is 0.412 e. The lowest BCUT2D eigenvalue weighted by atomic mass is 10.1. The number of anilines is 2. The van der Waals surface area contributed by atoms with Crippen molar-refractivity contribution in [2.75, 3.05) is 22.5 Å². The number of rotatable bonds is 4. The summed E-state index contributed by atoms with van der Waals surface area (Å²) in [5.74, 6) is 0.835. The van der Waals surface area contributed by atoms with E-state index in [9.17, 15) is 14.4 Å². The largest absolute Gasteiger partial charge is 0.444 e. The molecule has 0 aliphatic carbocycles. The highest BCUT2D eigenvalue weighted by Crippen LogP contribution is 2.31. The molecule has 1 unspecified atom stereocenters. The van der Waals surface area contributed by atoms with E-state index >= 15 is 0 Å².